The molecule has 2 aliphatic rings. The second-order valence-electron chi connectivity index (χ2n) is 5.80. The van der Waals surface area contributed by atoms with Crippen LogP contribution in [0.2, 0.25) is 0 Å². The minimum Gasteiger partial charge on any atom is -0.377 e. The Labute approximate surface area is 125 Å². The van der Waals surface area contributed by atoms with Crippen molar-refractivity contribution >= 4 is 10.0 Å². The van der Waals surface area contributed by atoms with E-state index in [9.17, 15) is 12.8 Å². The molecule has 1 fully saturated rings. The molecule has 0 bridgehead atoms. The first-order chi connectivity index (χ1) is 9.93. The van der Waals surface area contributed by atoms with Crippen LogP contribution in [0.25, 0.3) is 0 Å². The Morgan fingerprint density at radius 2 is 2.10 bits per heavy atom. The summed E-state index contributed by atoms with van der Waals surface area (Å²) in [4.78, 5) is 0. The van der Waals surface area contributed by atoms with Crippen LogP contribution < -0.4 is 0 Å². The Kier molecular flexibility index (Phi) is 3.80. The van der Waals surface area contributed by atoms with Crippen molar-refractivity contribution in [3.8, 4) is 0 Å². The molecule has 0 saturated carbocycles. The molecule has 0 radical (unpaired) electrons. The molecule has 2 aliphatic heterocycles. The van der Waals surface area contributed by atoms with E-state index in [4.69, 9.17) is 4.74 Å². The summed E-state index contributed by atoms with van der Waals surface area (Å²) in [5.74, 6) is -0.323. The normalized spacial score (nSPS) is 30.3. The van der Waals surface area contributed by atoms with Crippen LogP contribution >= 0.6 is 0 Å². The summed E-state index contributed by atoms with van der Waals surface area (Å²) in [5.41, 5.74) is 1.42. The number of rotatable bonds is 2. The summed E-state index contributed by atoms with van der Waals surface area (Å²) < 4.78 is 46.6. The highest BCUT2D eigenvalue weighted by molar-refractivity contribution is 7.89. The van der Waals surface area contributed by atoms with Gasteiger partial charge in [0.1, 0.15) is 11.1 Å². The number of ether oxygens (including phenoxy) is 1. The van der Waals surface area contributed by atoms with Crippen LogP contribution in [-0.4, -0.2) is 37.2 Å². The lowest BCUT2D eigenvalue weighted by Crippen LogP contribution is -2.46. The fraction of sp³-hybridized carbons (Fsp3) is 0.600. The van der Waals surface area contributed by atoms with Crippen LogP contribution in [0, 0.1) is 5.82 Å². The van der Waals surface area contributed by atoms with Crippen molar-refractivity contribution in [2.24, 2.45) is 0 Å². The minimum absolute atomic E-state index is 0.302. The predicted molar refractivity (Wildman–Crippen MR) is 78.0 cm³/mol. The Morgan fingerprint density at radius 3 is 2.76 bits per heavy atom. The molecule has 116 valence electrons. The molecular formula is C15H20FNO3S. The fourth-order valence-corrected chi connectivity index (χ4v) is 5.66. The number of sulfonamides is 1. The molecule has 21 heavy (non-hydrogen) atoms. The second-order valence-corrected chi connectivity index (χ2v) is 7.90. The third kappa shape index (κ3) is 2.39. The van der Waals surface area contributed by atoms with Gasteiger partial charge in [0.05, 0.1) is 12.1 Å². The van der Waals surface area contributed by atoms with E-state index in [1.54, 1.807) is 19.9 Å². The summed E-state index contributed by atoms with van der Waals surface area (Å²) in [5, 5.41) is -0.520. The Hall–Kier alpha value is -0.980. The smallest absolute Gasteiger partial charge is 0.220 e. The standard InChI is InChI=1S/C15H20FNO3S/c1-10-15-12(4-3-5-13(15)16)6-8-17(10)21(18,19)14-7-9-20-11(14)2/h3-5,10-11,14H,6-9H2,1-2H3/t10-,11+,14+/m1/s1. The zero-order valence-corrected chi connectivity index (χ0v) is 13.1. The number of hydrogen-bond acceptors (Lipinski definition) is 3. The predicted octanol–water partition coefficient (Wildman–Crippen LogP) is 2.25. The molecule has 0 aliphatic carbocycles. The van der Waals surface area contributed by atoms with Gasteiger partial charge in [-0.1, -0.05) is 12.1 Å². The number of benzene rings is 1. The third-order valence-electron chi connectivity index (χ3n) is 4.61. The molecule has 4 nitrogen and oxygen atoms in total. The van der Waals surface area contributed by atoms with Gasteiger partial charge in [-0.3, -0.25) is 0 Å². The van der Waals surface area contributed by atoms with E-state index in [-0.39, 0.29) is 11.9 Å². The summed E-state index contributed by atoms with van der Waals surface area (Å²) >= 11 is 0. The van der Waals surface area contributed by atoms with E-state index < -0.39 is 21.3 Å². The molecule has 0 aromatic heterocycles. The zero-order chi connectivity index (χ0) is 15.2. The number of nitrogens with zero attached hydrogens (tertiary/aromatic N) is 1. The number of halogens is 1. The van der Waals surface area contributed by atoms with Crippen LogP contribution in [0.1, 0.15) is 37.4 Å². The average molecular weight is 313 g/mol. The largest absolute Gasteiger partial charge is 0.377 e. The topological polar surface area (TPSA) is 46.6 Å². The molecule has 0 amide bonds. The maximum Gasteiger partial charge on any atom is 0.220 e. The van der Waals surface area contributed by atoms with Crippen molar-refractivity contribution in [1.29, 1.82) is 0 Å². The summed E-state index contributed by atoms with van der Waals surface area (Å²) in [6.07, 6.45) is 0.763. The highest BCUT2D eigenvalue weighted by atomic mass is 32.2. The molecule has 1 saturated heterocycles. The first-order valence-corrected chi connectivity index (χ1v) is 8.83. The van der Waals surface area contributed by atoms with E-state index in [0.29, 0.717) is 31.6 Å². The van der Waals surface area contributed by atoms with Gasteiger partial charge < -0.3 is 4.74 Å². The van der Waals surface area contributed by atoms with Gasteiger partial charge in [-0.2, -0.15) is 4.31 Å². The van der Waals surface area contributed by atoms with Crippen LogP contribution in [0.15, 0.2) is 18.2 Å². The van der Waals surface area contributed by atoms with E-state index in [2.05, 4.69) is 0 Å². The minimum atomic E-state index is -3.48. The van der Waals surface area contributed by atoms with Crippen molar-refractivity contribution in [1.82, 2.24) is 4.31 Å². The zero-order valence-electron chi connectivity index (χ0n) is 12.3. The average Bonchev–Trinajstić information content (AvgIpc) is 2.86. The van der Waals surface area contributed by atoms with Crippen molar-refractivity contribution in [2.75, 3.05) is 13.2 Å². The van der Waals surface area contributed by atoms with Gasteiger partial charge in [0.15, 0.2) is 0 Å². The SMILES string of the molecule is C[C@@H]1OCC[C@@H]1S(=O)(=O)N1CCc2cccc(F)c2[C@H]1C. The van der Waals surface area contributed by atoms with Crippen LogP contribution in [0.5, 0.6) is 0 Å². The lowest BCUT2D eigenvalue weighted by Gasteiger charge is -2.36. The molecule has 3 atom stereocenters. The first-order valence-electron chi connectivity index (χ1n) is 7.32. The first kappa shape index (κ1) is 14.9. The molecule has 0 spiro atoms. The molecular weight excluding hydrogens is 293 g/mol. The van der Waals surface area contributed by atoms with Gasteiger partial charge in [-0.25, -0.2) is 12.8 Å². The quantitative estimate of drug-likeness (QED) is 0.841. The van der Waals surface area contributed by atoms with Crippen molar-refractivity contribution < 1.29 is 17.5 Å². The molecule has 6 heteroatoms. The van der Waals surface area contributed by atoms with Crippen LogP contribution in [0.3, 0.4) is 0 Å². The van der Waals surface area contributed by atoms with Crippen molar-refractivity contribution in [3.63, 3.8) is 0 Å². The van der Waals surface area contributed by atoms with Crippen LogP contribution in [-0.2, 0) is 21.2 Å². The lowest BCUT2D eigenvalue weighted by atomic mass is 9.95. The van der Waals surface area contributed by atoms with Gasteiger partial charge in [0.25, 0.3) is 0 Å². The summed E-state index contributed by atoms with van der Waals surface area (Å²) in [6, 6.07) is 4.48. The molecule has 1 aromatic carbocycles. The highest BCUT2D eigenvalue weighted by Crippen LogP contribution is 2.36. The maximum atomic E-state index is 14.1. The molecule has 0 N–H and O–H groups in total. The van der Waals surface area contributed by atoms with Crippen molar-refractivity contribution in [2.45, 2.75) is 44.1 Å². The van der Waals surface area contributed by atoms with Gasteiger partial charge in [0, 0.05) is 18.7 Å². The van der Waals surface area contributed by atoms with Gasteiger partial charge in [-0.05, 0) is 38.3 Å². The van der Waals surface area contributed by atoms with E-state index in [1.807, 2.05) is 6.07 Å². The summed E-state index contributed by atoms with van der Waals surface area (Å²) in [7, 11) is -3.48. The molecule has 3 rings (SSSR count). The number of hydrogen-bond donors (Lipinski definition) is 0. The molecule has 0 unspecified atom stereocenters. The monoisotopic (exact) mass is 313 g/mol. The summed E-state index contributed by atoms with van der Waals surface area (Å²) in [6.45, 7) is 4.43. The van der Waals surface area contributed by atoms with Crippen molar-refractivity contribution in [3.05, 3.63) is 35.1 Å². The Morgan fingerprint density at radius 1 is 1.33 bits per heavy atom. The maximum absolute atomic E-state index is 14.1. The molecule has 2 heterocycles. The third-order valence-corrected chi connectivity index (χ3v) is 7.15. The van der Waals surface area contributed by atoms with E-state index in [1.165, 1.54) is 10.4 Å². The second kappa shape index (κ2) is 5.34. The van der Waals surface area contributed by atoms with Gasteiger partial charge in [0.2, 0.25) is 10.0 Å². The highest BCUT2D eigenvalue weighted by Gasteiger charge is 2.43. The van der Waals surface area contributed by atoms with Gasteiger partial charge >= 0.3 is 0 Å². The Balaban J connectivity index is 1.96. The Bertz CT molecular complexity index is 646. The van der Waals surface area contributed by atoms with E-state index >= 15 is 0 Å². The van der Waals surface area contributed by atoms with E-state index in [0.717, 1.165) is 5.56 Å². The van der Waals surface area contributed by atoms with Gasteiger partial charge in [-0.15, -0.1) is 0 Å². The number of fused-ring (bicyclic) bond motifs is 1. The van der Waals surface area contributed by atoms with Crippen LogP contribution in [0.4, 0.5) is 4.39 Å². The molecule has 1 aromatic rings. The lowest BCUT2D eigenvalue weighted by molar-refractivity contribution is 0.125. The fourth-order valence-electron chi connectivity index (χ4n) is 3.46.